The molecule has 0 spiro atoms. The Morgan fingerprint density at radius 1 is 1.26 bits per heavy atom. The van der Waals surface area contributed by atoms with Gasteiger partial charge >= 0.3 is 0 Å². The minimum absolute atomic E-state index is 0.0534. The van der Waals surface area contributed by atoms with Gasteiger partial charge in [0.05, 0.1) is 23.9 Å². The van der Waals surface area contributed by atoms with E-state index in [1.807, 2.05) is 48.7 Å². The van der Waals surface area contributed by atoms with Gasteiger partial charge in [0.15, 0.2) is 0 Å². The highest BCUT2D eigenvalue weighted by Gasteiger charge is 2.27. The Kier molecular flexibility index (Phi) is 6.28. The molecule has 0 bridgehead atoms. The van der Waals surface area contributed by atoms with Crippen LogP contribution in [0.25, 0.3) is 10.9 Å². The molecule has 158 valence electrons. The Hall–Kier alpha value is -3.24. The van der Waals surface area contributed by atoms with E-state index < -0.39 is 0 Å². The summed E-state index contributed by atoms with van der Waals surface area (Å²) in [5.74, 6) is 0.731. The molecule has 2 heterocycles. The van der Waals surface area contributed by atoms with Gasteiger partial charge in [-0.15, -0.1) is 11.8 Å². The lowest BCUT2D eigenvalue weighted by molar-refractivity contribution is -0.120. The third kappa shape index (κ3) is 4.44. The van der Waals surface area contributed by atoms with Crippen LogP contribution in [0.15, 0.2) is 53.6 Å². The summed E-state index contributed by atoms with van der Waals surface area (Å²) in [5.41, 5.74) is 3.07. The lowest BCUT2D eigenvalue weighted by atomic mass is 9.94. The van der Waals surface area contributed by atoms with E-state index in [1.54, 1.807) is 25.1 Å². The number of fused-ring (bicyclic) bond motifs is 1. The summed E-state index contributed by atoms with van der Waals surface area (Å²) in [6.07, 6.45) is 5.10. The molecule has 7 heteroatoms. The minimum atomic E-state index is -0.0534. The van der Waals surface area contributed by atoms with Gasteiger partial charge in [-0.3, -0.25) is 9.78 Å². The van der Waals surface area contributed by atoms with Crippen LogP contribution in [0.1, 0.15) is 18.4 Å². The molecule has 0 atom stereocenters. The van der Waals surface area contributed by atoms with Crippen molar-refractivity contribution in [1.29, 1.82) is 5.26 Å². The summed E-state index contributed by atoms with van der Waals surface area (Å²) < 4.78 is 5.38. The van der Waals surface area contributed by atoms with Gasteiger partial charge in [-0.05, 0) is 55.5 Å². The number of rotatable bonds is 5. The molecule has 0 saturated carbocycles. The van der Waals surface area contributed by atoms with Gasteiger partial charge in [-0.25, -0.2) is 0 Å². The molecule has 1 aliphatic rings. The number of piperidine rings is 1. The highest BCUT2D eigenvalue weighted by Crippen LogP contribution is 2.34. The Morgan fingerprint density at radius 2 is 2.06 bits per heavy atom. The van der Waals surface area contributed by atoms with Crippen LogP contribution in [0.5, 0.6) is 5.75 Å². The van der Waals surface area contributed by atoms with Crippen molar-refractivity contribution < 1.29 is 9.53 Å². The predicted octanol–water partition coefficient (Wildman–Crippen LogP) is 4.69. The van der Waals surface area contributed by atoms with Gasteiger partial charge in [0.1, 0.15) is 11.8 Å². The van der Waals surface area contributed by atoms with Crippen molar-refractivity contribution >= 4 is 39.9 Å². The normalized spacial score (nSPS) is 14.3. The maximum atomic E-state index is 12.8. The molecule has 2 aromatic carbocycles. The molecule has 0 aliphatic carbocycles. The second-order valence-electron chi connectivity index (χ2n) is 7.50. The number of methoxy groups -OCH3 is 1. The maximum Gasteiger partial charge on any atom is 0.227 e. The van der Waals surface area contributed by atoms with Gasteiger partial charge in [0, 0.05) is 41.2 Å². The fourth-order valence-corrected chi connectivity index (χ4v) is 4.48. The number of nitriles is 1. The first-order valence-electron chi connectivity index (χ1n) is 10.2. The van der Waals surface area contributed by atoms with Crippen molar-refractivity contribution in [2.45, 2.75) is 17.7 Å². The molecule has 31 heavy (non-hydrogen) atoms. The topological polar surface area (TPSA) is 78.2 Å². The zero-order valence-corrected chi connectivity index (χ0v) is 18.4. The summed E-state index contributed by atoms with van der Waals surface area (Å²) in [4.78, 5) is 20.5. The number of hydrogen-bond donors (Lipinski definition) is 1. The number of pyridine rings is 1. The quantitative estimate of drug-likeness (QED) is 0.589. The molecule has 1 amide bonds. The number of thioether (sulfide) groups is 1. The molecule has 0 unspecified atom stereocenters. The second kappa shape index (κ2) is 9.27. The number of nitrogens with zero attached hydrogens (tertiary/aromatic N) is 3. The average molecular weight is 433 g/mol. The summed E-state index contributed by atoms with van der Waals surface area (Å²) in [7, 11) is 1.63. The number of benzene rings is 2. The van der Waals surface area contributed by atoms with E-state index in [1.165, 1.54) is 0 Å². The summed E-state index contributed by atoms with van der Waals surface area (Å²) >= 11 is 1.65. The van der Waals surface area contributed by atoms with Crippen LogP contribution in [-0.2, 0) is 4.79 Å². The number of aromatic nitrogens is 1. The predicted molar refractivity (Wildman–Crippen MR) is 125 cm³/mol. The van der Waals surface area contributed by atoms with E-state index in [9.17, 15) is 10.1 Å². The molecule has 1 aliphatic heterocycles. The average Bonchev–Trinajstić information content (AvgIpc) is 2.83. The van der Waals surface area contributed by atoms with E-state index in [4.69, 9.17) is 4.74 Å². The van der Waals surface area contributed by atoms with Gasteiger partial charge < -0.3 is 15.0 Å². The number of amides is 1. The molecule has 1 N–H and O–H groups in total. The smallest absolute Gasteiger partial charge is 0.227 e. The van der Waals surface area contributed by atoms with Crippen molar-refractivity contribution in [1.82, 2.24) is 4.98 Å². The number of nitrogens with one attached hydrogen (secondary N) is 1. The van der Waals surface area contributed by atoms with Crippen molar-refractivity contribution in [3.05, 3.63) is 54.2 Å². The molecular formula is C24H24N4O2S. The lowest BCUT2D eigenvalue weighted by Gasteiger charge is -2.34. The molecule has 1 fully saturated rings. The second-order valence-corrected chi connectivity index (χ2v) is 8.38. The first-order valence-corrected chi connectivity index (χ1v) is 11.4. The lowest BCUT2D eigenvalue weighted by Crippen LogP contribution is -2.38. The van der Waals surface area contributed by atoms with Crippen molar-refractivity contribution in [2.75, 3.05) is 36.7 Å². The van der Waals surface area contributed by atoms with E-state index in [-0.39, 0.29) is 11.8 Å². The van der Waals surface area contributed by atoms with Crippen LogP contribution in [0.4, 0.5) is 11.4 Å². The van der Waals surface area contributed by atoms with Crippen LogP contribution < -0.4 is 15.0 Å². The van der Waals surface area contributed by atoms with Crippen LogP contribution in [0, 0.1) is 17.2 Å². The number of hydrogen-bond acceptors (Lipinski definition) is 6. The van der Waals surface area contributed by atoms with E-state index in [0.717, 1.165) is 45.8 Å². The van der Waals surface area contributed by atoms with Crippen LogP contribution in [0.3, 0.4) is 0 Å². The van der Waals surface area contributed by atoms with Crippen LogP contribution >= 0.6 is 11.8 Å². The monoisotopic (exact) mass is 432 g/mol. The summed E-state index contributed by atoms with van der Waals surface area (Å²) in [6.45, 7) is 1.40. The largest absolute Gasteiger partial charge is 0.497 e. The summed E-state index contributed by atoms with van der Waals surface area (Å²) in [5, 5.41) is 13.6. The Labute approximate surface area is 186 Å². The van der Waals surface area contributed by atoms with Crippen molar-refractivity contribution in [3.8, 4) is 11.8 Å². The number of carbonyl (C=O) groups is 1. The first-order chi connectivity index (χ1) is 15.1. The van der Waals surface area contributed by atoms with Crippen LogP contribution in [0.2, 0.25) is 0 Å². The fourth-order valence-electron chi connectivity index (χ4n) is 4.02. The van der Waals surface area contributed by atoms with E-state index in [0.29, 0.717) is 18.7 Å². The Balaban J connectivity index is 1.51. The van der Waals surface area contributed by atoms with Crippen LogP contribution in [-0.4, -0.2) is 37.3 Å². The number of anilines is 2. The number of carbonyl (C=O) groups excluding carboxylic acids is 1. The molecule has 1 aromatic heterocycles. The zero-order chi connectivity index (χ0) is 21.8. The number of ether oxygens (including phenoxy) is 1. The molecular weight excluding hydrogens is 408 g/mol. The third-order valence-electron chi connectivity index (χ3n) is 5.69. The SMILES string of the molecule is COc1ccc2ncc(C#N)c(N3CCC(C(=O)Nc4cccc(SC)c4)CC3)c2c1. The Bertz CT molecular complexity index is 1150. The van der Waals surface area contributed by atoms with E-state index >= 15 is 0 Å². The van der Waals surface area contributed by atoms with Crippen molar-refractivity contribution in [3.63, 3.8) is 0 Å². The minimum Gasteiger partial charge on any atom is -0.497 e. The standard InChI is InChI=1S/C24H24N4O2S/c1-30-19-6-7-22-21(13-19)23(17(14-25)15-26-22)28-10-8-16(9-11-28)24(29)27-18-4-3-5-20(12-18)31-2/h3-7,12-13,15-16H,8-11H2,1-2H3,(H,27,29). The molecule has 0 radical (unpaired) electrons. The molecule has 4 rings (SSSR count). The first kappa shape index (κ1) is 21.0. The van der Waals surface area contributed by atoms with E-state index in [2.05, 4.69) is 21.3 Å². The highest BCUT2D eigenvalue weighted by molar-refractivity contribution is 7.98. The van der Waals surface area contributed by atoms with Gasteiger partial charge in [0.2, 0.25) is 5.91 Å². The fraction of sp³-hybridized carbons (Fsp3) is 0.292. The third-order valence-corrected chi connectivity index (χ3v) is 6.41. The highest BCUT2D eigenvalue weighted by atomic mass is 32.2. The molecule has 3 aromatic rings. The van der Waals surface area contributed by atoms with Gasteiger partial charge in [-0.1, -0.05) is 6.07 Å². The van der Waals surface area contributed by atoms with Gasteiger partial charge in [0.25, 0.3) is 0 Å². The molecule has 6 nitrogen and oxygen atoms in total. The molecule has 1 saturated heterocycles. The maximum absolute atomic E-state index is 12.8. The van der Waals surface area contributed by atoms with Crippen molar-refractivity contribution in [2.24, 2.45) is 5.92 Å². The Morgan fingerprint density at radius 3 is 2.77 bits per heavy atom. The summed E-state index contributed by atoms with van der Waals surface area (Å²) in [6, 6.07) is 15.9. The van der Waals surface area contributed by atoms with Gasteiger partial charge in [-0.2, -0.15) is 5.26 Å². The zero-order valence-electron chi connectivity index (χ0n) is 17.6.